The number of nitrogens with one attached hydrogen (secondary N) is 1. The van der Waals surface area contributed by atoms with Crippen LogP contribution in [0.1, 0.15) is 51.1 Å². The van der Waals surface area contributed by atoms with E-state index < -0.39 is 0 Å². The molecule has 30 heavy (non-hydrogen) atoms. The highest BCUT2D eigenvalue weighted by atomic mass is 16.3. The van der Waals surface area contributed by atoms with Crippen molar-refractivity contribution in [3.05, 3.63) is 53.4 Å². The number of fused-ring (bicyclic) bond motifs is 1. The molecule has 1 aromatic rings. The van der Waals surface area contributed by atoms with E-state index in [2.05, 4.69) is 41.6 Å². The van der Waals surface area contributed by atoms with Crippen molar-refractivity contribution in [1.29, 1.82) is 0 Å². The normalized spacial score (nSPS) is 20.5. The molecule has 0 saturated heterocycles. The largest absolute Gasteiger partial charge is 0.404 e. The molecular formula is C22H31N7O. The number of rotatable bonds is 9. The number of allylic oxidation sites excluding steroid dienone is 2. The van der Waals surface area contributed by atoms with Gasteiger partial charge in [-0.05, 0) is 31.8 Å². The van der Waals surface area contributed by atoms with Gasteiger partial charge in [0.05, 0.1) is 36.0 Å². The number of aliphatic hydroxyl groups is 1. The van der Waals surface area contributed by atoms with E-state index >= 15 is 0 Å². The average molecular weight is 410 g/mol. The van der Waals surface area contributed by atoms with Crippen molar-refractivity contribution in [2.75, 3.05) is 19.7 Å². The molecular weight excluding hydrogens is 378 g/mol. The van der Waals surface area contributed by atoms with Gasteiger partial charge in [0.2, 0.25) is 0 Å². The van der Waals surface area contributed by atoms with Crippen molar-refractivity contribution in [2.45, 2.75) is 45.6 Å². The number of hydrazine groups is 1. The van der Waals surface area contributed by atoms with Crippen LogP contribution in [0.3, 0.4) is 0 Å². The van der Waals surface area contributed by atoms with Gasteiger partial charge >= 0.3 is 0 Å². The SMILES string of the molecule is CCC(CC)n1cc(C2=NC(C(C=NCC3(CO)CC3)=CN)=CN3NCC=C23)cn1. The second-order valence-electron chi connectivity index (χ2n) is 8.23. The number of hydrogen-bond donors (Lipinski definition) is 3. The molecule has 3 aliphatic rings. The maximum absolute atomic E-state index is 9.49. The third-order valence-corrected chi connectivity index (χ3v) is 6.16. The van der Waals surface area contributed by atoms with E-state index in [-0.39, 0.29) is 12.0 Å². The predicted octanol–water partition coefficient (Wildman–Crippen LogP) is 2.28. The van der Waals surface area contributed by atoms with Gasteiger partial charge in [-0.3, -0.25) is 14.7 Å². The molecule has 0 radical (unpaired) electrons. The van der Waals surface area contributed by atoms with Crippen LogP contribution in [-0.4, -0.2) is 51.5 Å². The molecule has 0 bridgehead atoms. The number of aromatic nitrogens is 2. The highest BCUT2D eigenvalue weighted by molar-refractivity contribution is 6.13. The molecule has 160 valence electrons. The minimum Gasteiger partial charge on any atom is -0.404 e. The third kappa shape index (κ3) is 3.97. The number of nitrogens with two attached hydrogens (primary N) is 1. The number of aliphatic hydroxyl groups excluding tert-OH is 1. The average Bonchev–Trinajstić information content (AvgIpc) is 3.15. The first-order valence-electron chi connectivity index (χ1n) is 10.7. The minimum absolute atomic E-state index is 0.0261. The highest BCUT2D eigenvalue weighted by Crippen LogP contribution is 2.45. The molecule has 0 spiro atoms. The van der Waals surface area contributed by atoms with Gasteiger partial charge in [-0.1, -0.05) is 13.8 Å². The summed E-state index contributed by atoms with van der Waals surface area (Å²) in [6, 6.07) is 0.387. The summed E-state index contributed by atoms with van der Waals surface area (Å²) in [5.74, 6) is 0. The van der Waals surface area contributed by atoms with Crippen LogP contribution in [0.25, 0.3) is 0 Å². The molecule has 0 unspecified atom stereocenters. The lowest BCUT2D eigenvalue weighted by molar-refractivity contribution is 0.217. The molecule has 3 heterocycles. The van der Waals surface area contributed by atoms with Crippen LogP contribution in [0, 0.1) is 5.41 Å². The van der Waals surface area contributed by atoms with Gasteiger partial charge in [0, 0.05) is 54.5 Å². The Labute approximate surface area is 177 Å². The fourth-order valence-electron chi connectivity index (χ4n) is 3.83. The molecule has 4 rings (SSSR count). The standard InChI is InChI=1S/C22H31N7O/c1-3-18(4-2)28-12-17(11-26-28)21-20-5-8-25-29(20)13-19(27-21)16(9-23)10-24-14-22(15-30)6-7-22/h5,9-13,18,25,30H,3-4,6-8,14-15,23H2,1-2H3. The zero-order valence-corrected chi connectivity index (χ0v) is 17.8. The summed E-state index contributed by atoms with van der Waals surface area (Å²) in [4.78, 5) is 9.47. The van der Waals surface area contributed by atoms with E-state index in [1.165, 1.54) is 6.20 Å². The van der Waals surface area contributed by atoms with E-state index in [0.29, 0.717) is 12.6 Å². The Morgan fingerprint density at radius 2 is 2.20 bits per heavy atom. The van der Waals surface area contributed by atoms with Crippen molar-refractivity contribution in [1.82, 2.24) is 20.2 Å². The summed E-state index contributed by atoms with van der Waals surface area (Å²) in [6.45, 7) is 5.90. The molecule has 2 aliphatic heterocycles. The molecule has 1 aromatic heterocycles. The van der Waals surface area contributed by atoms with Crippen LogP contribution < -0.4 is 11.2 Å². The summed E-state index contributed by atoms with van der Waals surface area (Å²) in [6.07, 6.45) is 15.5. The van der Waals surface area contributed by atoms with Crippen LogP contribution in [0.2, 0.25) is 0 Å². The van der Waals surface area contributed by atoms with Crippen LogP contribution in [-0.2, 0) is 0 Å². The number of hydrogen-bond acceptors (Lipinski definition) is 7. The summed E-state index contributed by atoms with van der Waals surface area (Å²) in [7, 11) is 0. The van der Waals surface area contributed by atoms with Crippen molar-refractivity contribution in [3.63, 3.8) is 0 Å². The highest BCUT2D eigenvalue weighted by Gasteiger charge is 2.41. The maximum atomic E-state index is 9.49. The van der Waals surface area contributed by atoms with Crippen molar-refractivity contribution < 1.29 is 5.11 Å². The zero-order valence-electron chi connectivity index (χ0n) is 17.8. The Morgan fingerprint density at radius 3 is 2.87 bits per heavy atom. The first-order valence-corrected chi connectivity index (χ1v) is 10.7. The van der Waals surface area contributed by atoms with Gasteiger partial charge in [0.25, 0.3) is 0 Å². The Kier molecular flexibility index (Phi) is 5.87. The van der Waals surface area contributed by atoms with Crippen LogP contribution >= 0.6 is 0 Å². The lowest BCUT2D eigenvalue weighted by Crippen LogP contribution is -2.32. The Balaban J connectivity index is 1.60. The third-order valence-electron chi connectivity index (χ3n) is 6.16. The topological polar surface area (TPSA) is 104 Å². The lowest BCUT2D eigenvalue weighted by atomic mass is 10.1. The van der Waals surface area contributed by atoms with Gasteiger partial charge in [-0.25, -0.2) is 10.4 Å². The molecule has 1 aliphatic carbocycles. The predicted molar refractivity (Wildman–Crippen MR) is 119 cm³/mol. The Bertz CT molecular complexity index is 929. The minimum atomic E-state index is -0.0261. The van der Waals surface area contributed by atoms with E-state index in [9.17, 15) is 5.11 Å². The van der Waals surface area contributed by atoms with Crippen LogP contribution in [0.15, 0.2) is 57.8 Å². The Hall–Kier alpha value is -2.71. The van der Waals surface area contributed by atoms with Crippen molar-refractivity contribution >= 4 is 11.9 Å². The summed E-state index contributed by atoms with van der Waals surface area (Å²) < 4.78 is 2.04. The lowest BCUT2D eigenvalue weighted by Gasteiger charge is -2.24. The van der Waals surface area contributed by atoms with E-state index in [1.807, 2.05) is 22.1 Å². The quantitative estimate of drug-likeness (QED) is 0.543. The smallest absolute Gasteiger partial charge is 0.0990 e. The van der Waals surface area contributed by atoms with Gasteiger partial charge in [-0.2, -0.15) is 5.10 Å². The Morgan fingerprint density at radius 1 is 1.40 bits per heavy atom. The van der Waals surface area contributed by atoms with Crippen LogP contribution in [0.5, 0.6) is 0 Å². The van der Waals surface area contributed by atoms with Crippen molar-refractivity contribution in [2.24, 2.45) is 21.1 Å². The fraction of sp³-hybridized carbons (Fsp3) is 0.500. The van der Waals surface area contributed by atoms with Gasteiger partial charge < -0.3 is 10.8 Å². The van der Waals surface area contributed by atoms with E-state index in [0.717, 1.165) is 60.5 Å². The summed E-state index contributed by atoms with van der Waals surface area (Å²) >= 11 is 0. The molecule has 8 nitrogen and oxygen atoms in total. The van der Waals surface area contributed by atoms with Gasteiger partial charge in [0.15, 0.2) is 0 Å². The maximum Gasteiger partial charge on any atom is 0.0990 e. The molecule has 0 atom stereocenters. The van der Waals surface area contributed by atoms with E-state index in [4.69, 9.17) is 10.7 Å². The summed E-state index contributed by atoms with van der Waals surface area (Å²) in [5, 5.41) is 16.1. The van der Waals surface area contributed by atoms with Crippen LogP contribution in [0.4, 0.5) is 0 Å². The molecule has 8 heteroatoms. The summed E-state index contributed by atoms with van der Waals surface area (Å²) in [5.41, 5.74) is 13.6. The molecule has 0 aromatic carbocycles. The molecule has 0 amide bonds. The van der Waals surface area contributed by atoms with Gasteiger partial charge in [-0.15, -0.1) is 0 Å². The molecule has 1 saturated carbocycles. The first kappa shape index (κ1) is 20.6. The molecule has 4 N–H and O–H groups in total. The zero-order chi connectivity index (χ0) is 21.1. The molecule has 1 fully saturated rings. The first-order chi connectivity index (χ1) is 14.6. The second-order valence-corrected chi connectivity index (χ2v) is 8.23. The monoisotopic (exact) mass is 409 g/mol. The second kappa shape index (κ2) is 8.57. The fourth-order valence-corrected chi connectivity index (χ4v) is 3.83. The number of nitrogens with zero attached hydrogens (tertiary/aromatic N) is 5. The van der Waals surface area contributed by atoms with Gasteiger partial charge in [0.1, 0.15) is 0 Å². The van der Waals surface area contributed by atoms with E-state index in [1.54, 1.807) is 6.21 Å². The number of aliphatic imine (C=N–C) groups is 2. The van der Waals surface area contributed by atoms with Crippen molar-refractivity contribution in [3.8, 4) is 0 Å².